The molecule has 2 saturated carbocycles. The lowest BCUT2D eigenvalue weighted by molar-refractivity contribution is -0.0154. The van der Waals surface area contributed by atoms with E-state index in [1.54, 1.807) is 24.5 Å². The fourth-order valence-corrected chi connectivity index (χ4v) is 7.74. The molecule has 1 heterocycles. The summed E-state index contributed by atoms with van der Waals surface area (Å²) in [6, 6.07) is 3.51. The van der Waals surface area contributed by atoms with Gasteiger partial charge in [-0.05, 0) is 67.3 Å². The minimum absolute atomic E-state index is 0.172. The highest BCUT2D eigenvalue weighted by Gasteiger charge is 2.46. The van der Waals surface area contributed by atoms with Crippen LogP contribution in [0, 0.1) is 35.5 Å². The Morgan fingerprint density at radius 2 is 1.44 bits per heavy atom. The van der Waals surface area contributed by atoms with E-state index in [9.17, 15) is 9.67 Å². The molecular formula is C26H44NO4P. The third-order valence-corrected chi connectivity index (χ3v) is 9.80. The molecule has 2 aliphatic rings. The molecule has 0 radical (unpaired) electrons. The molecule has 0 bridgehead atoms. The van der Waals surface area contributed by atoms with Crippen molar-refractivity contribution in [3.05, 3.63) is 30.1 Å². The zero-order chi connectivity index (χ0) is 23.5. The summed E-state index contributed by atoms with van der Waals surface area (Å²) in [6.45, 7) is 13.3. The van der Waals surface area contributed by atoms with Crippen LogP contribution in [0.15, 0.2) is 24.5 Å². The Morgan fingerprint density at radius 1 is 0.938 bits per heavy atom. The predicted molar refractivity (Wildman–Crippen MR) is 129 cm³/mol. The molecule has 6 heteroatoms. The molecule has 182 valence electrons. The molecule has 2 fully saturated rings. The van der Waals surface area contributed by atoms with E-state index >= 15 is 0 Å². The van der Waals surface area contributed by atoms with Gasteiger partial charge in [0.2, 0.25) is 0 Å². The Kier molecular flexibility index (Phi) is 8.99. The molecule has 3 rings (SSSR count). The maximum Gasteiger partial charge on any atom is 0.364 e. The van der Waals surface area contributed by atoms with E-state index < -0.39 is 13.4 Å². The van der Waals surface area contributed by atoms with Crippen LogP contribution in [-0.4, -0.2) is 22.3 Å². The lowest BCUT2D eigenvalue weighted by Gasteiger charge is -2.42. The fourth-order valence-electron chi connectivity index (χ4n) is 5.70. The van der Waals surface area contributed by atoms with Gasteiger partial charge in [-0.3, -0.25) is 9.55 Å². The lowest BCUT2D eigenvalue weighted by Crippen LogP contribution is -2.37. The van der Waals surface area contributed by atoms with Gasteiger partial charge in [0, 0.05) is 18.0 Å². The number of aliphatic hydroxyl groups excluding tert-OH is 1. The van der Waals surface area contributed by atoms with Gasteiger partial charge in [0.1, 0.15) is 0 Å². The number of rotatable bonds is 8. The van der Waals surface area contributed by atoms with Crippen molar-refractivity contribution >= 4 is 7.60 Å². The number of pyridine rings is 1. The third kappa shape index (κ3) is 6.23. The first-order valence-electron chi connectivity index (χ1n) is 12.6. The summed E-state index contributed by atoms with van der Waals surface area (Å²) in [4.78, 5) is 4.13. The number of nitrogens with zero attached hydrogens (tertiary/aromatic N) is 1. The Balaban J connectivity index is 1.92. The molecule has 2 aliphatic carbocycles. The highest BCUT2D eigenvalue weighted by atomic mass is 31.2. The Hall–Kier alpha value is -0.740. The van der Waals surface area contributed by atoms with Gasteiger partial charge in [0.15, 0.2) is 5.85 Å². The van der Waals surface area contributed by atoms with Crippen LogP contribution in [0.4, 0.5) is 0 Å². The Bertz CT molecular complexity index is 717. The van der Waals surface area contributed by atoms with E-state index in [4.69, 9.17) is 9.05 Å². The average molecular weight is 466 g/mol. The van der Waals surface area contributed by atoms with Crippen LogP contribution < -0.4 is 0 Å². The van der Waals surface area contributed by atoms with E-state index in [2.05, 4.69) is 46.5 Å². The minimum atomic E-state index is -3.86. The number of hydrogen-bond donors (Lipinski definition) is 1. The molecule has 0 aliphatic heterocycles. The molecular weight excluding hydrogens is 421 g/mol. The van der Waals surface area contributed by atoms with Crippen LogP contribution in [-0.2, 0) is 13.6 Å². The van der Waals surface area contributed by atoms with Crippen molar-refractivity contribution in [3.8, 4) is 0 Å². The van der Waals surface area contributed by atoms with Crippen molar-refractivity contribution in [2.45, 2.75) is 98.1 Å². The summed E-state index contributed by atoms with van der Waals surface area (Å²) in [5, 5.41) is 11.3. The Morgan fingerprint density at radius 3 is 1.84 bits per heavy atom. The van der Waals surface area contributed by atoms with E-state index in [-0.39, 0.29) is 12.2 Å². The van der Waals surface area contributed by atoms with Gasteiger partial charge in [-0.15, -0.1) is 0 Å². The number of hydrogen-bond acceptors (Lipinski definition) is 5. The first-order chi connectivity index (χ1) is 15.1. The summed E-state index contributed by atoms with van der Waals surface area (Å²) in [7, 11) is -3.86. The maximum absolute atomic E-state index is 14.5. The molecule has 5 nitrogen and oxygen atoms in total. The number of aromatic nitrogens is 1. The lowest BCUT2D eigenvalue weighted by atomic mass is 9.75. The molecule has 1 aromatic heterocycles. The van der Waals surface area contributed by atoms with E-state index in [1.165, 1.54) is 0 Å². The first kappa shape index (κ1) is 25.9. The highest BCUT2D eigenvalue weighted by molar-refractivity contribution is 7.54. The summed E-state index contributed by atoms with van der Waals surface area (Å²) in [5.41, 5.74) is 0.491. The quantitative estimate of drug-likeness (QED) is 0.410. The van der Waals surface area contributed by atoms with E-state index in [0.717, 1.165) is 38.5 Å². The molecule has 0 amide bonds. The highest BCUT2D eigenvalue weighted by Crippen LogP contribution is 2.64. The SMILES string of the molecule is CC(C)[C@H]1CC[C@H](C)C[C@H]1OP(=O)(O[C@H]1C[C@@H](C)CC[C@H]1C(C)C)[C@@H](O)c1cccnc1. The van der Waals surface area contributed by atoms with E-state index in [0.29, 0.717) is 41.1 Å². The zero-order valence-electron chi connectivity index (χ0n) is 20.8. The van der Waals surface area contributed by atoms with Crippen molar-refractivity contribution in [2.24, 2.45) is 35.5 Å². The first-order valence-corrected chi connectivity index (χ1v) is 14.3. The van der Waals surface area contributed by atoms with Crippen molar-refractivity contribution in [1.82, 2.24) is 4.98 Å². The van der Waals surface area contributed by atoms with Gasteiger partial charge in [0.05, 0.1) is 12.2 Å². The van der Waals surface area contributed by atoms with Crippen molar-refractivity contribution in [3.63, 3.8) is 0 Å². The summed E-state index contributed by atoms with van der Waals surface area (Å²) < 4.78 is 27.4. The fraction of sp³-hybridized carbons (Fsp3) is 0.808. The minimum Gasteiger partial charge on any atom is -0.376 e. The summed E-state index contributed by atoms with van der Waals surface area (Å²) in [5.74, 6) is 1.18. The second kappa shape index (κ2) is 11.1. The molecule has 1 unspecified atom stereocenters. The zero-order valence-corrected chi connectivity index (χ0v) is 21.7. The van der Waals surface area contributed by atoms with Crippen LogP contribution in [0.3, 0.4) is 0 Å². The van der Waals surface area contributed by atoms with Crippen LogP contribution in [0.2, 0.25) is 0 Å². The smallest absolute Gasteiger partial charge is 0.364 e. The van der Waals surface area contributed by atoms with Crippen molar-refractivity contribution < 1.29 is 18.7 Å². The summed E-state index contributed by atoms with van der Waals surface area (Å²) >= 11 is 0. The standard InChI is InChI=1S/C26H44NO4P/c1-17(2)22-11-9-19(5)14-24(22)30-32(29,26(28)21-8-7-13-27-16-21)31-25-15-20(6)10-12-23(25)18(3)4/h7-8,13,16-20,22-26,28H,9-12,14-15H2,1-6H3/t19-,20-,22-,23+,24-,25+,26+,32?/m0/s1. The molecule has 1 N–H and O–H groups in total. The molecule has 32 heavy (non-hydrogen) atoms. The van der Waals surface area contributed by atoms with Crippen molar-refractivity contribution in [1.29, 1.82) is 0 Å². The molecule has 0 spiro atoms. The van der Waals surface area contributed by atoms with Gasteiger partial charge in [-0.1, -0.05) is 60.5 Å². The van der Waals surface area contributed by atoms with Crippen LogP contribution >= 0.6 is 7.60 Å². The number of aliphatic hydroxyl groups is 1. The van der Waals surface area contributed by atoms with Crippen LogP contribution in [0.1, 0.15) is 91.5 Å². The molecule has 1 aromatic rings. The topological polar surface area (TPSA) is 68.7 Å². The normalized spacial score (nSPS) is 34.4. The average Bonchev–Trinajstić information content (AvgIpc) is 2.73. The second-order valence-electron chi connectivity index (χ2n) is 11.1. The van der Waals surface area contributed by atoms with Crippen LogP contribution in [0.5, 0.6) is 0 Å². The van der Waals surface area contributed by atoms with Gasteiger partial charge in [-0.2, -0.15) is 0 Å². The van der Waals surface area contributed by atoms with Crippen molar-refractivity contribution in [2.75, 3.05) is 0 Å². The monoisotopic (exact) mass is 465 g/mol. The predicted octanol–water partition coefficient (Wildman–Crippen LogP) is 7.22. The van der Waals surface area contributed by atoms with Gasteiger partial charge < -0.3 is 14.2 Å². The van der Waals surface area contributed by atoms with Crippen LogP contribution in [0.25, 0.3) is 0 Å². The maximum atomic E-state index is 14.5. The molecule has 0 saturated heterocycles. The third-order valence-electron chi connectivity index (χ3n) is 7.77. The van der Waals surface area contributed by atoms with Gasteiger partial charge in [-0.25, -0.2) is 0 Å². The van der Waals surface area contributed by atoms with E-state index in [1.807, 2.05) is 0 Å². The van der Waals surface area contributed by atoms with Gasteiger partial charge in [0.25, 0.3) is 0 Å². The summed E-state index contributed by atoms with van der Waals surface area (Å²) in [6.07, 6.45) is 9.01. The Labute approximate surface area is 195 Å². The largest absolute Gasteiger partial charge is 0.376 e. The second-order valence-corrected chi connectivity index (χ2v) is 13.1. The molecule has 0 aromatic carbocycles. The molecule has 8 atom stereocenters. The van der Waals surface area contributed by atoms with Gasteiger partial charge >= 0.3 is 7.60 Å².